The van der Waals surface area contributed by atoms with Crippen molar-refractivity contribution in [1.82, 2.24) is 20.5 Å². The van der Waals surface area contributed by atoms with Gasteiger partial charge in [0, 0.05) is 43.4 Å². The van der Waals surface area contributed by atoms with E-state index in [1.54, 1.807) is 48.4 Å². The van der Waals surface area contributed by atoms with Crippen LogP contribution in [0.2, 0.25) is 0 Å². The Morgan fingerprint density at radius 2 is 1.71 bits per heavy atom. The molecule has 8 heteroatoms. The first kappa shape index (κ1) is 24.9. The number of Topliss-reactive ketones (excluding diaryl/α,β-unsaturated/α-hetero) is 1. The molecular weight excluding hydrogens is 444 g/mol. The number of methoxy groups -OCH3 is 1. The number of likely N-dealkylation sites (tertiary alicyclic amines) is 1. The number of ketones is 1. The van der Waals surface area contributed by atoms with Gasteiger partial charge < -0.3 is 20.3 Å². The van der Waals surface area contributed by atoms with Gasteiger partial charge in [0.25, 0.3) is 11.8 Å². The second-order valence-electron chi connectivity index (χ2n) is 10.1. The molecule has 4 rings (SSSR count). The van der Waals surface area contributed by atoms with Crippen LogP contribution in [-0.4, -0.2) is 66.8 Å². The number of hydrogen-bond donors (Lipinski definition) is 2. The predicted molar refractivity (Wildman–Crippen MR) is 133 cm³/mol. The van der Waals surface area contributed by atoms with Crippen LogP contribution in [0.5, 0.6) is 5.75 Å². The van der Waals surface area contributed by atoms with Crippen molar-refractivity contribution in [3.8, 4) is 5.75 Å². The Kier molecular flexibility index (Phi) is 7.50. The van der Waals surface area contributed by atoms with E-state index >= 15 is 0 Å². The maximum atomic E-state index is 13.0. The van der Waals surface area contributed by atoms with Crippen LogP contribution < -0.4 is 15.4 Å². The molecule has 0 bridgehead atoms. The highest BCUT2D eigenvalue weighted by Gasteiger charge is 2.33. The second-order valence-corrected chi connectivity index (χ2v) is 10.1. The molecule has 1 unspecified atom stereocenters. The lowest BCUT2D eigenvalue weighted by Crippen LogP contribution is -2.54. The molecule has 1 aromatic carbocycles. The van der Waals surface area contributed by atoms with Crippen molar-refractivity contribution >= 4 is 17.6 Å². The lowest BCUT2D eigenvalue weighted by Gasteiger charge is -2.39. The Morgan fingerprint density at radius 1 is 1.03 bits per heavy atom. The van der Waals surface area contributed by atoms with Crippen molar-refractivity contribution in [2.75, 3.05) is 33.3 Å². The molecule has 35 heavy (non-hydrogen) atoms. The number of amides is 2. The van der Waals surface area contributed by atoms with Crippen LogP contribution in [0.15, 0.2) is 42.6 Å². The average molecular weight is 479 g/mol. The number of nitrogens with zero attached hydrogens (tertiary/aromatic N) is 2. The molecule has 0 aliphatic carbocycles. The maximum Gasteiger partial charge on any atom is 0.272 e. The van der Waals surface area contributed by atoms with Gasteiger partial charge >= 0.3 is 0 Å². The van der Waals surface area contributed by atoms with Gasteiger partial charge in [-0.25, -0.2) is 0 Å². The van der Waals surface area contributed by atoms with E-state index in [1.807, 2.05) is 0 Å². The smallest absolute Gasteiger partial charge is 0.272 e. The molecule has 2 aliphatic rings. The summed E-state index contributed by atoms with van der Waals surface area (Å²) in [7, 11) is 1.59. The standard InChI is InChI=1S/C27H34N4O4/c1-27(2)17-28-13-10-23(27)30-25(33)20-6-9-22(29-16-20)26(34)31-14-11-19(12-15-31)24(32)18-4-7-21(35-3)8-5-18/h4-9,16,19,23,28H,10-15,17H2,1-3H3,(H,30,33). The zero-order chi connectivity index (χ0) is 25.0. The van der Waals surface area contributed by atoms with Crippen molar-refractivity contribution in [1.29, 1.82) is 0 Å². The van der Waals surface area contributed by atoms with E-state index in [4.69, 9.17) is 4.74 Å². The van der Waals surface area contributed by atoms with E-state index in [1.165, 1.54) is 6.20 Å². The molecule has 0 saturated carbocycles. The summed E-state index contributed by atoms with van der Waals surface area (Å²) in [4.78, 5) is 44.5. The quantitative estimate of drug-likeness (QED) is 0.619. The molecule has 8 nitrogen and oxygen atoms in total. The molecule has 2 aliphatic heterocycles. The molecule has 3 heterocycles. The van der Waals surface area contributed by atoms with Gasteiger partial charge in [0.15, 0.2) is 5.78 Å². The van der Waals surface area contributed by atoms with Gasteiger partial charge in [-0.15, -0.1) is 0 Å². The average Bonchev–Trinajstić information content (AvgIpc) is 2.89. The lowest BCUT2D eigenvalue weighted by atomic mass is 9.80. The first-order valence-corrected chi connectivity index (χ1v) is 12.2. The van der Waals surface area contributed by atoms with E-state index in [-0.39, 0.29) is 35.0 Å². The molecule has 2 aromatic rings. The first-order valence-electron chi connectivity index (χ1n) is 12.2. The van der Waals surface area contributed by atoms with E-state index in [0.29, 0.717) is 48.5 Å². The number of carbonyl (C=O) groups excluding carboxylic acids is 3. The van der Waals surface area contributed by atoms with Crippen LogP contribution >= 0.6 is 0 Å². The number of aromatic nitrogens is 1. The zero-order valence-electron chi connectivity index (χ0n) is 20.7. The van der Waals surface area contributed by atoms with Gasteiger partial charge in [0.1, 0.15) is 11.4 Å². The molecule has 0 radical (unpaired) electrons. The van der Waals surface area contributed by atoms with Crippen LogP contribution in [0.1, 0.15) is 64.3 Å². The summed E-state index contributed by atoms with van der Waals surface area (Å²) in [5, 5.41) is 6.48. The summed E-state index contributed by atoms with van der Waals surface area (Å²) in [5.41, 5.74) is 1.39. The summed E-state index contributed by atoms with van der Waals surface area (Å²) in [6.45, 7) is 7.00. The molecular formula is C27H34N4O4. The Hall–Kier alpha value is -3.26. The topological polar surface area (TPSA) is 101 Å². The van der Waals surface area contributed by atoms with Crippen LogP contribution in [0.25, 0.3) is 0 Å². The minimum absolute atomic E-state index is 0.0296. The third-order valence-corrected chi connectivity index (χ3v) is 7.21. The van der Waals surface area contributed by atoms with Crippen molar-refractivity contribution in [3.63, 3.8) is 0 Å². The minimum atomic E-state index is -0.174. The molecule has 1 atom stereocenters. The number of benzene rings is 1. The summed E-state index contributed by atoms with van der Waals surface area (Å²) < 4.78 is 5.15. The number of piperidine rings is 2. The van der Waals surface area contributed by atoms with E-state index in [2.05, 4.69) is 29.5 Å². The fourth-order valence-corrected chi connectivity index (χ4v) is 4.83. The number of nitrogens with one attached hydrogen (secondary N) is 2. The Labute approximate surface area is 206 Å². The minimum Gasteiger partial charge on any atom is -0.497 e. The van der Waals surface area contributed by atoms with Crippen LogP contribution in [0.4, 0.5) is 0 Å². The van der Waals surface area contributed by atoms with Crippen molar-refractivity contribution in [2.45, 2.75) is 39.2 Å². The molecule has 1 aromatic heterocycles. The van der Waals surface area contributed by atoms with Crippen molar-refractivity contribution in [3.05, 3.63) is 59.4 Å². The largest absolute Gasteiger partial charge is 0.497 e. The lowest BCUT2D eigenvalue weighted by molar-refractivity contribution is 0.0645. The number of hydrogen-bond acceptors (Lipinski definition) is 6. The van der Waals surface area contributed by atoms with Crippen LogP contribution in [0, 0.1) is 11.3 Å². The second kappa shape index (κ2) is 10.6. The van der Waals surface area contributed by atoms with Crippen molar-refractivity contribution < 1.29 is 19.1 Å². The van der Waals surface area contributed by atoms with Gasteiger partial charge in [0.05, 0.1) is 12.7 Å². The molecule has 0 spiro atoms. The highest BCUT2D eigenvalue weighted by Crippen LogP contribution is 2.26. The van der Waals surface area contributed by atoms with Gasteiger partial charge in [-0.05, 0) is 67.6 Å². The summed E-state index contributed by atoms with van der Waals surface area (Å²) in [5.74, 6) is 0.366. The van der Waals surface area contributed by atoms with Crippen molar-refractivity contribution in [2.24, 2.45) is 11.3 Å². The fourth-order valence-electron chi connectivity index (χ4n) is 4.83. The Morgan fingerprint density at radius 3 is 2.31 bits per heavy atom. The normalized spacial score (nSPS) is 20.2. The highest BCUT2D eigenvalue weighted by atomic mass is 16.5. The zero-order valence-corrected chi connectivity index (χ0v) is 20.7. The third kappa shape index (κ3) is 5.70. The number of pyridine rings is 1. The predicted octanol–water partition coefficient (Wildman–Crippen LogP) is 2.94. The van der Waals surface area contributed by atoms with Gasteiger partial charge in [-0.3, -0.25) is 19.4 Å². The molecule has 2 amide bonds. The van der Waals surface area contributed by atoms with Crippen LogP contribution in [-0.2, 0) is 0 Å². The van der Waals surface area contributed by atoms with Gasteiger partial charge in [-0.1, -0.05) is 13.8 Å². The van der Waals surface area contributed by atoms with E-state index in [0.717, 1.165) is 19.5 Å². The Bertz CT molecular complexity index is 1060. The highest BCUT2D eigenvalue weighted by molar-refractivity contribution is 5.99. The number of rotatable bonds is 6. The monoisotopic (exact) mass is 478 g/mol. The van der Waals surface area contributed by atoms with Gasteiger partial charge in [-0.2, -0.15) is 0 Å². The molecule has 2 N–H and O–H groups in total. The molecule has 186 valence electrons. The first-order chi connectivity index (χ1) is 16.8. The van der Waals surface area contributed by atoms with E-state index in [9.17, 15) is 14.4 Å². The van der Waals surface area contributed by atoms with Crippen LogP contribution in [0.3, 0.4) is 0 Å². The summed E-state index contributed by atoms with van der Waals surface area (Å²) in [6.07, 6.45) is 3.57. The molecule has 2 saturated heterocycles. The van der Waals surface area contributed by atoms with Gasteiger partial charge in [0.2, 0.25) is 0 Å². The number of ether oxygens (including phenoxy) is 1. The maximum absolute atomic E-state index is 13.0. The summed E-state index contributed by atoms with van der Waals surface area (Å²) >= 11 is 0. The summed E-state index contributed by atoms with van der Waals surface area (Å²) in [6, 6.07) is 10.5. The fraction of sp³-hybridized carbons (Fsp3) is 0.481. The SMILES string of the molecule is COc1ccc(C(=O)C2CCN(C(=O)c3ccc(C(=O)NC4CCNCC4(C)C)cn3)CC2)cc1. The third-order valence-electron chi connectivity index (χ3n) is 7.21. The van der Waals surface area contributed by atoms with E-state index < -0.39 is 0 Å². The Balaban J connectivity index is 1.31. The number of carbonyl (C=O) groups is 3. The molecule has 2 fully saturated rings.